The molecule has 90 valence electrons. The number of aliphatic carboxylic acids is 1. The lowest BCUT2D eigenvalue weighted by Crippen LogP contribution is -2.29. The van der Waals surface area contributed by atoms with E-state index in [1.54, 1.807) is 6.92 Å². The van der Waals surface area contributed by atoms with E-state index >= 15 is 0 Å². The number of esters is 1. The van der Waals surface area contributed by atoms with Gasteiger partial charge in [-0.1, -0.05) is 30.3 Å². The molecule has 0 saturated heterocycles. The van der Waals surface area contributed by atoms with Gasteiger partial charge in [0.25, 0.3) is 0 Å². The second kappa shape index (κ2) is 4.20. The molecule has 2 atom stereocenters. The maximum atomic E-state index is 11.7. The molecule has 1 aromatic carbocycles. The molecule has 0 amide bonds. The van der Waals surface area contributed by atoms with Crippen LogP contribution in [0, 0.1) is 5.41 Å². The SMILES string of the molecule is CCOC(=O)[C@]1(C(=O)O)C[C@@H]1c1ccccc1. The van der Waals surface area contributed by atoms with Gasteiger partial charge < -0.3 is 9.84 Å². The number of hydrogen-bond acceptors (Lipinski definition) is 3. The fourth-order valence-electron chi connectivity index (χ4n) is 2.16. The molecule has 2 rings (SSSR count). The Bertz CT molecular complexity index is 440. The fraction of sp³-hybridized carbons (Fsp3) is 0.385. The van der Waals surface area contributed by atoms with Crippen molar-refractivity contribution in [3.8, 4) is 0 Å². The van der Waals surface area contributed by atoms with Gasteiger partial charge in [0.2, 0.25) is 0 Å². The van der Waals surface area contributed by atoms with Gasteiger partial charge in [-0.3, -0.25) is 9.59 Å². The van der Waals surface area contributed by atoms with Crippen LogP contribution in [0.1, 0.15) is 24.8 Å². The zero-order valence-corrected chi connectivity index (χ0v) is 9.55. The molecule has 0 heterocycles. The first-order valence-electron chi connectivity index (χ1n) is 5.58. The molecule has 0 spiro atoms. The lowest BCUT2D eigenvalue weighted by molar-refractivity contribution is -0.161. The zero-order chi connectivity index (χ0) is 12.5. The number of carbonyl (C=O) groups excluding carboxylic acids is 1. The van der Waals surface area contributed by atoms with Crippen LogP contribution in [0.25, 0.3) is 0 Å². The summed E-state index contributed by atoms with van der Waals surface area (Å²) < 4.78 is 4.86. The van der Waals surface area contributed by atoms with Gasteiger partial charge in [0.1, 0.15) is 0 Å². The van der Waals surface area contributed by atoms with Gasteiger partial charge in [-0.25, -0.2) is 0 Å². The van der Waals surface area contributed by atoms with Crippen LogP contribution in [0.3, 0.4) is 0 Å². The van der Waals surface area contributed by atoms with E-state index in [4.69, 9.17) is 4.74 Å². The quantitative estimate of drug-likeness (QED) is 0.637. The Morgan fingerprint density at radius 2 is 2.06 bits per heavy atom. The molecule has 0 aliphatic heterocycles. The average molecular weight is 234 g/mol. The van der Waals surface area contributed by atoms with E-state index in [1.807, 2.05) is 30.3 Å². The van der Waals surface area contributed by atoms with E-state index in [0.717, 1.165) is 5.56 Å². The molecule has 1 N–H and O–H groups in total. The van der Waals surface area contributed by atoms with Crippen LogP contribution in [0.15, 0.2) is 30.3 Å². The lowest BCUT2D eigenvalue weighted by atomic mass is 9.99. The highest BCUT2D eigenvalue weighted by molar-refractivity contribution is 6.04. The molecule has 0 unspecified atom stereocenters. The lowest BCUT2D eigenvalue weighted by Gasteiger charge is -2.11. The summed E-state index contributed by atoms with van der Waals surface area (Å²) >= 11 is 0. The summed E-state index contributed by atoms with van der Waals surface area (Å²) in [5, 5.41) is 9.23. The van der Waals surface area contributed by atoms with Crippen LogP contribution in [-0.4, -0.2) is 23.7 Å². The molecule has 17 heavy (non-hydrogen) atoms. The van der Waals surface area contributed by atoms with Gasteiger partial charge in [-0.2, -0.15) is 0 Å². The van der Waals surface area contributed by atoms with Crippen LogP contribution in [0.5, 0.6) is 0 Å². The first kappa shape index (κ1) is 11.6. The predicted octanol–water partition coefficient (Wildman–Crippen LogP) is 1.81. The highest BCUT2D eigenvalue weighted by atomic mass is 16.5. The van der Waals surface area contributed by atoms with Crippen LogP contribution >= 0.6 is 0 Å². The Labute approximate surface area is 99.2 Å². The van der Waals surface area contributed by atoms with Crippen LogP contribution < -0.4 is 0 Å². The largest absolute Gasteiger partial charge is 0.480 e. The summed E-state index contributed by atoms with van der Waals surface area (Å²) in [6.07, 6.45) is 0.325. The first-order chi connectivity index (χ1) is 8.13. The van der Waals surface area contributed by atoms with E-state index in [-0.39, 0.29) is 12.5 Å². The third kappa shape index (κ3) is 1.79. The Kier molecular flexibility index (Phi) is 2.88. The van der Waals surface area contributed by atoms with Crippen LogP contribution in [0.2, 0.25) is 0 Å². The Hall–Kier alpha value is -1.84. The van der Waals surface area contributed by atoms with Crippen molar-refractivity contribution in [1.29, 1.82) is 0 Å². The number of benzene rings is 1. The minimum Gasteiger partial charge on any atom is -0.480 e. The predicted molar refractivity (Wildman–Crippen MR) is 60.5 cm³/mol. The second-order valence-electron chi connectivity index (χ2n) is 4.16. The highest BCUT2D eigenvalue weighted by Gasteiger charge is 2.67. The Morgan fingerprint density at radius 3 is 2.59 bits per heavy atom. The van der Waals surface area contributed by atoms with Gasteiger partial charge in [-0.15, -0.1) is 0 Å². The molecule has 0 aromatic heterocycles. The van der Waals surface area contributed by atoms with Gasteiger partial charge in [-0.05, 0) is 18.9 Å². The maximum Gasteiger partial charge on any atom is 0.324 e. The minimum atomic E-state index is -1.36. The molecular weight excluding hydrogens is 220 g/mol. The molecule has 0 bridgehead atoms. The van der Waals surface area contributed by atoms with Crippen LogP contribution in [0.4, 0.5) is 0 Å². The van der Waals surface area contributed by atoms with Crippen molar-refractivity contribution in [1.82, 2.24) is 0 Å². The monoisotopic (exact) mass is 234 g/mol. The number of ether oxygens (including phenoxy) is 1. The van der Waals surface area contributed by atoms with Crippen molar-refractivity contribution in [2.45, 2.75) is 19.3 Å². The summed E-state index contributed by atoms with van der Waals surface area (Å²) in [7, 11) is 0. The van der Waals surface area contributed by atoms with Gasteiger partial charge in [0.05, 0.1) is 6.61 Å². The van der Waals surface area contributed by atoms with Crippen molar-refractivity contribution < 1.29 is 19.4 Å². The zero-order valence-electron chi connectivity index (χ0n) is 9.55. The van der Waals surface area contributed by atoms with E-state index in [9.17, 15) is 14.7 Å². The molecule has 1 aromatic rings. The molecular formula is C13H14O4. The number of hydrogen-bond donors (Lipinski definition) is 1. The molecule has 0 radical (unpaired) electrons. The van der Waals surface area contributed by atoms with Crippen molar-refractivity contribution >= 4 is 11.9 Å². The van der Waals surface area contributed by atoms with Gasteiger partial charge in [0, 0.05) is 5.92 Å². The Balaban J connectivity index is 2.25. The fourth-order valence-corrected chi connectivity index (χ4v) is 2.16. The van der Waals surface area contributed by atoms with E-state index in [1.165, 1.54) is 0 Å². The average Bonchev–Trinajstić information content (AvgIpc) is 3.07. The third-order valence-electron chi connectivity index (χ3n) is 3.18. The molecule has 1 saturated carbocycles. The molecule has 1 fully saturated rings. The standard InChI is InChI=1S/C13H14O4/c1-2-17-12(16)13(11(14)15)8-10(13)9-6-4-3-5-7-9/h3-7,10H,2,8H2,1H3,(H,14,15)/t10-,13-/m1/s1. The van der Waals surface area contributed by atoms with Crippen molar-refractivity contribution in [3.05, 3.63) is 35.9 Å². The summed E-state index contributed by atoms with van der Waals surface area (Å²) in [6, 6.07) is 9.22. The summed E-state index contributed by atoms with van der Waals surface area (Å²) in [4.78, 5) is 23.0. The molecule has 1 aliphatic carbocycles. The smallest absolute Gasteiger partial charge is 0.324 e. The maximum absolute atomic E-state index is 11.7. The summed E-state index contributed by atoms with van der Waals surface area (Å²) in [5.41, 5.74) is -0.486. The molecule has 1 aliphatic rings. The number of carbonyl (C=O) groups is 2. The summed E-state index contributed by atoms with van der Waals surface area (Å²) in [5.74, 6) is -1.98. The molecule has 4 nitrogen and oxygen atoms in total. The third-order valence-corrected chi connectivity index (χ3v) is 3.18. The second-order valence-corrected chi connectivity index (χ2v) is 4.16. The summed E-state index contributed by atoms with van der Waals surface area (Å²) in [6.45, 7) is 1.88. The van der Waals surface area contributed by atoms with E-state index in [2.05, 4.69) is 0 Å². The highest BCUT2D eigenvalue weighted by Crippen LogP contribution is 2.60. The number of rotatable bonds is 4. The van der Waals surface area contributed by atoms with Crippen molar-refractivity contribution in [3.63, 3.8) is 0 Å². The van der Waals surface area contributed by atoms with Gasteiger partial charge >= 0.3 is 11.9 Å². The van der Waals surface area contributed by atoms with E-state index < -0.39 is 17.4 Å². The molecule has 4 heteroatoms. The number of carboxylic acid groups (broad SMARTS) is 1. The van der Waals surface area contributed by atoms with Crippen molar-refractivity contribution in [2.75, 3.05) is 6.61 Å². The normalized spacial score (nSPS) is 26.3. The Morgan fingerprint density at radius 1 is 1.41 bits per heavy atom. The topological polar surface area (TPSA) is 63.6 Å². The van der Waals surface area contributed by atoms with Crippen molar-refractivity contribution in [2.24, 2.45) is 5.41 Å². The van der Waals surface area contributed by atoms with Gasteiger partial charge in [0.15, 0.2) is 5.41 Å². The minimum absolute atomic E-state index is 0.204. The van der Waals surface area contributed by atoms with E-state index in [0.29, 0.717) is 6.42 Å². The van der Waals surface area contributed by atoms with Crippen LogP contribution in [-0.2, 0) is 14.3 Å². The number of carboxylic acids is 1. The first-order valence-corrected chi connectivity index (χ1v) is 5.58.